The van der Waals surface area contributed by atoms with Crippen LogP contribution in [0.4, 0.5) is 4.39 Å². The number of aryl methyl sites for hydroxylation is 1. The van der Waals surface area contributed by atoms with Gasteiger partial charge in [0.25, 0.3) is 0 Å². The quantitative estimate of drug-likeness (QED) is 0.817. The van der Waals surface area contributed by atoms with E-state index in [9.17, 15) is 9.18 Å². The Hall–Kier alpha value is -1.49. The highest BCUT2D eigenvalue weighted by Gasteiger charge is 2.13. The number of hydrogen-bond acceptors (Lipinski definition) is 2. The minimum absolute atomic E-state index is 0.0403. The molecule has 0 unspecified atom stereocenters. The van der Waals surface area contributed by atoms with Gasteiger partial charge in [-0.3, -0.25) is 9.48 Å². The number of halogens is 2. The molecule has 0 saturated carbocycles. The van der Waals surface area contributed by atoms with Gasteiger partial charge in [0.05, 0.1) is 0 Å². The summed E-state index contributed by atoms with van der Waals surface area (Å²) in [6, 6.07) is 6.30. The summed E-state index contributed by atoms with van der Waals surface area (Å²) >= 11 is 3.17. The average molecular weight is 297 g/mol. The molecule has 1 heterocycles. The van der Waals surface area contributed by atoms with E-state index in [2.05, 4.69) is 21.0 Å². The maximum absolute atomic E-state index is 13.5. The smallest absolute Gasteiger partial charge is 0.185 e. The minimum atomic E-state index is -0.380. The van der Waals surface area contributed by atoms with E-state index in [1.165, 1.54) is 10.7 Å². The van der Waals surface area contributed by atoms with E-state index in [4.69, 9.17) is 0 Å². The van der Waals surface area contributed by atoms with Gasteiger partial charge >= 0.3 is 0 Å². The molecule has 0 radical (unpaired) electrons. The molecule has 3 nitrogen and oxygen atoms in total. The maximum Gasteiger partial charge on any atom is 0.185 e. The molecule has 17 heavy (non-hydrogen) atoms. The third kappa shape index (κ3) is 2.61. The molecule has 0 fully saturated rings. The number of carbonyl (C=O) groups excluding carboxylic acids is 1. The van der Waals surface area contributed by atoms with E-state index in [-0.39, 0.29) is 18.0 Å². The number of ketones is 1. The zero-order valence-electron chi connectivity index (χ0n) is 9.15. The fourth-order valence-corrected chi connectivity index (χ4v) is 1.91. The normalized spacial score (nSPS) is 10.5. The lowest BCUT2D eigenvalue weighted by atomic mass is 10.1. The van der Waals surface area contributed by atoms with Crippen LogP contribution in [0.5, 0.6) is 0 Å². The number of rotatable bonds is 3. The van der Waals surface area contributed by atoms with Crippen LogP contribution < -0.4 is 0 Å². The van der Waals surface area contributed by atoms with Crippen molar-refractivity contribution in [2.75, 3.05) is 0 Å². The Morgan fingerprint density at radius 3 is 2.82 bits per heavy atom. The Morgan fingerprint density at radius 2 is 2.24 bits per heavy atom. The molecule has 0 saturated heterocycles. The van der Waals surface area contributed by atoms with Crippen molar-refractivity contribution in [2.24, 2.45) is 7.05 Å². The van der Waals surface area contributed by atoms with E-state index in [1.54, 1.807) is 31.4 Å². The first-order chi connectivity index (χ1) is 8.08. The van der Waals surface area contributed by atoms with Crippen molar-refractivity contribution in [3.05, 3.63) is 52.0 Å². The van der Waals surface area contributed by atoms with Crippen LogP contribution in [0.3, 0.4) is 0 Å². The Labute approximate surface area is 106 Å². The van der Waals surface area contributed by atoms with Crippen molar-refractivity contribution >= 4 is 21.7 Å². The third-order valence-corrected chi connectivity index (χ3v) is 2.97. The summed E-state index contributed by atoms with van der Waals surface area (Å²) < 4.78 is 15.7. The van der Waals surface area contributed by atoms with Crippen molar-refractivity contribution in [1.82, 2.24) is 9.78 Å². The van der Waals surface area contributed by atoms with E-state index < -0.39 is 0 Å². The van der Waals surface area contributed by atoms with Crippen molar-refractivity contribution in [1.29, 1.82) is 0 Å². The molecule has 0 spiro atoms. The monoisotopic (exact) mass is 296 g/mol. The summed E-state index contributed by atoms with van der Waals surface area (Å²) in [7, 11) is 1.69. The Balaban J connectivity index is 2.22. The second kappa shape index (κ2) is 4.79. The van der Waals surface area contributed by atoms with Gasteiger partial charge in [0.2, 0.25) is 0 Å². The lowest BCUT2D eigenvalue weighted by Gasteiger charge is -2.03. The molecule has 0 amide bonds. The van der Waals surface area contributed by atoms with Crippen molar-refractivity contribution in [3.8, 4) is 0 Å². The number of benzene rings is 1. The van der Waals surface area contributed by atoms with Crippen LogP contribution in [0.25, 0.3) is 0 Å². The first-order valence-corrected chi connectivity index (χ1v) is 5.82. The zero-order valence-corrected chi connectivity index (χ0v) is 10.7. The highest BCUT2D eigenvalue weighted by molar-refractivity contribution is 9.10. The second-order valence-corrected chi connectivity index (χ2v) is 4.59. The van der Waals surface area contributed by atoms with Gasteiger partial charge in [-0.25, -0.2) is 4.39 Å². The van der Waals surface area contributed by atoms with Crippen LogP contribution in [0.15, 0.2) is 34.9 Å². The van der Waals surface area contributed by atoms with Crippen LogP contribution in [0.2, 0.25) is 0 Å². The van der Waals surface area contributed by atoms with Gasteiger partial charge in [0.15, 0.2) is 5.78 Å². The largest absolute Gasteiger partial charge is 0.292 e. The molecule has 0 aliphatic heterocycles. The molecule has 0 aliphatic rings. The van der Waals surface area contributed by atoms with Gasteiger partial charge < -0.3 is 0 Å². The Bertz CT molecular complexity index is 565. The van der Waals surface area contributed by atoms with Crippen LogP contribution in [0, 0.1) is 5.82 Å². The number of carbonyl (C=O) groups is 1. The van der Waals surface area contributed by atoms with Gasteiger partial charge in [-0.15, -0.1) is 0 Å². The number of Topliss-reactive ketones (excluding diaryl/α,β-unsaturated/α-hetero) is 1. The van der Waals surface area contributed by atoms with Gasteiger partial charge in [0.1, 0.15) is 11.5 Å². The lowest BCUT2D eigenvalue weighted by molar-refractivity contribution is 0.0983. The molecule has 0 bridgehead atoms. The number of nitrogens with zero attached hydrogens (tertiary/aromatic N) is 2. The first kappa shape index (κ1) is 12.0. The van der Waals surface area contributed by atoms with Crippen LogP contribution >= 0.6 is 15.9 Å². The van der Waals surface area contributed by atoms with Crippen LogP contribution in [-0.4, -0.2) is 15.6 Å². The number of hydrogen-bond donors (Lipinski definition) is 0. The zero-order chi connectivity index (χ0) is 12.4. The molecule has 1 aromatic heterocycles. The first-order valence-electron chi connectivity index (χ1n) is 5.03. The molecule has 0 N–H and O–H groups in total. The summed E-state index contributed by atoms with van der Waals surface area (Å²) in [5, 5.41) is 3.91. The number of aromatic nitrogens is 2. The van der Waals surface area contributed by atoms with Gasteiger partial charge in [-0.1, -0.05) is 22.0 Å². The average Bonchev–Trinajstić information content (AvgIpc) is 2.68. The minimum Gasteiger partial charge on any atom is -0.292 e. The van der Waals surface area contributed by atoms with E-state index >= 15 is 0 Å². The SMILES string of the molecule is Cn1nccc1C(=O)Cc1ccc(Br)cc1F. The molecule has 1 aromatic carbocycles. The molecule has 2 aromatic rings. The predicted molar refractivity (Wildman–Crippen MR) is 65.3 cm³/mol. The van der Waals surface area contributed by atoms with Crippen LogP contribution in [0.1, 0.15) is 16.1 Å². The van der Waals surface area contributed by atoms with Crippen molar-refractivity contribution in [3.63, 3.8) is 0 Å². The lowest BCUT2D eigenvalue weighted by Crippen LogP contribution is -2.10. The molecule has 2 rings (SSSR count). The van der Waals surface area contributed by atoms with Gasteiger partial charge in [-0.05, 0) is 23.8 Å². The fraction of sp³-hybridized carbons (Fsp3) is 0.167. The maximum atomic E-state index is 13.5. The third-order valence-electron chi connectivity index (χ3n) is 2.47. The van der Waals surface area contributed by atoms with Gasteiger partial charge in [-0.2, -0.15) is 5.10 Å². The molecule has 0 atom stereocenters. The molecule has 0 aliphatic carbocycles. The molecule has 88 valence electrons. The Kier molecular flexibility index (Phi) is 3.38. The standard InChI is InChI=1S/C12H10BrFN2O/c1-16-11(4-5-15-16)12(17)6-8-2-3-9(13)7-10(8)14/h2-5,7H,6H2,1H3. The summed E-state index contributed by atoms with van der Waals surface area (Å²) in [6.45, 7) is 0. The molecule has 5 heteroatoms. The van der Waals surface area contributed by atoms with Crippen molar-refractivity contribution < 1.29 is 9.18 Å². The van der Waals surface area contributed by atoms with Crippen LogP contribution in [-0.2, 0) is 13.5 Å². The Morgan fingerprint density at radius 1 is 1.47 bits per heavy atom. The van der Waals surface area contributed by atoms with Crippen molar-refractivity contribution in [2.45, 2.75) is 6.42 Å². The highest BCUT2D eigenvalue weighted by Crippen LogP contribution is 2.17. The second-order valence-electron chi connectivity index (χ2n) is 3.68. The van der Waals surface area contributed by atoms with Gasteiger partial charge in [0, 0.05) is 24.1 Å². The van der Waals surface area contributed by atoms with E-state index in [0.29, 0.717) is 15.7 Å². The topological polar surface area (TPSA) is 34.9 Å². The fourth-order valence-electron chi connectivity index (χ4n) is 1.58. The molecular formula is C12H10BrFN2O. The molecular weight excluding hydrogens is 287 g/mol. The van der Waals surface area contributed by atoms with E-state index in [1.807, 2.05) is 0 Å². The van der Waals surface area contributed by atoms with E-state index in [0.717, 1.165) is 0 Å². The summed E-state index contributed by atoms with van der Waals surface area (Å²) in [4.78, 5) is 11.9. The summed E-state index contributed by atoms with van der Waals surface area (Å²) in [5.41, 5.74) is 0.867. The predicted octanol–water partition coefficient (Wildman–Crippen LogP) is 2.75. The summed E-state index contributed by atoms with van der Waals surface area (Å²) in [6.07, 6.45) is 1.59. The highest BCUT2D eigenvalue weighted by atomic mass is 79.9. The summed E-state index contributed by atoms with van der Waals surface area (Å²) in [5.74, 6) is -0.527.